The van der Waals surface area contributed by atoms with E-state index in [1.807, 2.05) is 11.8 Å². The maximum atomic E-state index is 11.1. The van der Waals surface area contributed by atoms with E-state index >= 15 is 0 Å². The van der Waals surface area contributed by atoms with Crippen LogP contribution in [0.2, 0.25) is 0 Å². The van der Waals surface area contributed by atoms with E-state index < -0.39 is 5.97 Å². The maximum absolute atomic E-state index is 11.1. The van der Waals surface area contributed by atoms with Crippen molar-refractivity contribution in [1.29, 1.82) is 0 Å². The lowest BCUT2D eigenvalue weighted by Gasteiger charge is -2.00. The molecule has 2 aromatic rings. The molecule has 0 saturated carbocycles. The Balaban J connectivity index is 2.11. The number of fused-ring (bicyclic) bond motifs is 1. The van der Waals surface area contributed by atoms with Crippen LogP contribution in [0, 0.1) is 0 Å². The molecule has 0 bridgehead atoms. The van der Waals surface area contributed by atoms with Gasteiger partial charge in [-0.1, -0.05) is 6.07 Å². The molecular formula is C11H11N3O2S. The van der Waals surface area contributed by atoms with Gasteiger partial charge in [0.15, 0.2) is 17.2 Å². The minimum absolute atomic E-state index is 0.159. The van der Waals surface area contributed by atoms with E-state index in [1.165, 1.54) is 10.6 Å². The predicted octanol–water partition coefficient (Wildman–Crippen LogP) is 1.65. The Morgan fingerprint density at radius 3 is 3.12 bits per heavy atom. The van der Waals surface area contributed by atoms with Crippen molar-refractivity contribution >= 4 is 23.4 Å². The summed E-state index contributed by atoms with van der Waals surface area (Å²) < 4.78 is 1.42. The van der Waals surface area contributed by atoms with Gasteiger partial charge in [0.1, 0.15) is 0 Å². The SMILES string of the molecule is O=C(O)c1cccc2nc(C3CCSC3)nn12. The zero-order valence-electron chi connectivity index (χ0n) is 9.04. The second-order valence-corrected chi connectivity index (χ2v) is 5.17. The summed E-state index contributed by atoms with van der Waals surface area (Å²) >= 11 is 1.89. The minimum Gasteiger partial charge on any atom is -0.477 e. The first-order chi connectivity index (χ1) is 8.25. The molecule has 2 aromatic heterocycles. The summed E-state index contributed by atoms with van der Waals surface area (Å²) in [6, 6.07) is 5.02. The number of pyridine rings is 1. The largest absolute Gasteiger partial charge is 0.477 e. The van der Waals surface area contributed by atoms with Crippen LogP contribution in [0.15, 0.2) is 18.2 Å². The van der Waals surface area contributed by atoms with E-state index in [9.17, 15) is 4.79 Å². The van der Waals surface area contributed by atoms with Gasteiger partial charge in [-0.25, -0.2) is 14.3 Å². The van der Waals surface area contributed by atoms with Crippen molar-refractivity contribution in [2.75, 3.05) is 11.5 Å². The fraction of sp³-hybridized carbons (Fsp3) is 0.364. The first-order valence-electron chi connectivity index (χ1n) is 5.42. The second kappa shape index (κ2) is 4.03. The molecule has 0 spiro atoms. The third kappa shape index (κ3) is 1.78. The van der Waals surface area contributed by atoms with E-state index in [-0.39, 0.29) is 5.69 Å². The number of thioether (sulfide) groups is 1. The van der Waals surface area contributed by atoms with E-state index in [0.717, 1.165) is 23.8 Å². The maximum Gasteiger partial charge on any atom is 0.354 e. The third-order valence-electron chi connectivity index (χ3n) is 2.89. The van der Waals surface area contributed by atoms with Crippen LogP contribution in [0.4, 0.5) is 0 Å². The topological polar surface area (TPSA) is 67.5 Å². The number of hydrogen-bond acceptors (Lipinski definition) is 4. The van der Waals surface area contributed by atoms with Gasteiger partial charge in [0.25, 0.3) is 0 Å². The normalized spacial score (nSPS) is 19.9. The van der Waals surface area contributed by atoms with Gasteiger partial charge in [-0.15, -0.1) is 0 Å². The second-order valence-electron chi connectivity index (χ2n) is 4.02. The summed E-state index contributed by atoms with van der Waals surface area (Å²) in [6.07, 6.45) is 1.07. The number of hydrogen-bond donors (Lipinski definition) is 1. The third-order valence-corrected chi connectivity index (χ3v) is 4.05. The highest BCUT2D eigenvalue weighted by molar-refractivity contribution is 7.99. The summed E-state index contributed by atoms with van der Waals surface area (Å²) in [5.41, 5.74) is 0.767. The standard InChI is InChI=1S/C11H11N3O2S/c15-11(16)8-2-1-3-9-12-10(13-14(8)9)7-4-5-17-6-7/h1-3,7H,4-6H2,(H,15,16). The van der Waals surface area contributed by atoms with Crippen LogP contribution in [0.25, 0.3) is 5.65 Å². The minimum atomic E-state index is -0.979. The Morgan fingerprint density at radius 1 is 1.53 bits per heavy atom. The average molecular weight is 249 g/mol. The fourth-order valence-electron chi connectivity index (χ4n) is 1.99. The number of rotatable bonds is 2. The molecule has 3 heterocycles. The van der Waals surface area contributed by atoms with Crippen molar-refractivity contribution in [2.45, 2.75) is 12.3 Å². The van der Waals surface area contributed by atoms with Crippen LogP contribution in [0.5, 0.6) is 0 Å². The quantitative estimate of drug-likeness (QED) is 0.876. The highest BCUT2D eigenvalue weighted by Gasteiger charge is 2.22. The lowest BCUT2D eigenvalue weighted by atomic mass is 10.1. The molecule has 1 unspecified atom stereocenters. The molecule has 1 N–H and O–H groups in total. The van der Waals surface area contributed by atoms with Crippen LogP contribution in [-0.2, 0) is 0 Å². The molecular weight excluding hydrogens is 238 g/mol. The first kappa shape index (κ1) is 10.6. The molecule has 0 radical (unpaired) electrons. The van der Waals surface area contributed by atoms with Crippen molar-refractivity contribution in [2.24, 2.45) is 0 Å². The van der Waals surface area contributed by atoms with Gasteiger partial charge in [-0.3, -0.25) is 0 Å². The number of aromatic carboxylic acids is 1. The van der Waals surface area contributed by atoms with E-state index in [4.69, 9.17) is 5.11 Å². The van der Waals surface area contributed by atoms with Crippen molar-refractivity contribution < 1.29 is 9.90 Å². The molecule has 6 heteroatoms. The highest BCUT2D eigenvalue weighted by Crippen LogP contribution is 2.30. The molecule has 1 saturated heterocycles. The van der Waals surface area contributed by atoms with Crippen molar-refractivity contribution in [3.63, 3.8) is 0 Å². The molecule has 88 valence electrons. The Labute approximate surface area is 102 Å². The summed E-state index contributed by atoms with van der Waals surface area (Å²) in [4.78, 5) is 15.5. The van der Waals surface area contributed by atoms with Crippen LogP contribution in [0.1, 0.15) is 28.7 Å². The van der Waals surface area contributed by atoms with E-state index in [0.29, 0.717) is 11.6 Å². The van der Waals surface area contributed by atoms with Gasteiger partial charge in [-0.05, 0) is 24.3 Å². The smallest absolute Gasteiger partial charge is 0.354 e. The number of carbonyl (C=O) groups is 1. The monoisotopic (exact) mass is 249 g/mol. The number of carboxylic acid groups (broad SMARTS) is 1. The zero-order chi connectivity index (χ0) is 11.8. The molecule has 1 aliphatic rings. The summed E-state index contributed by atoms with van der Waals surface area (Å²) in [5.74, 6) is 2.31. The summed E-state index contributed by atoms with van der Waals surface area (Å²) in [5, 5.41) is 13.4. The lowest BCUT2D eigenvalue weighted by Crippen LogP contribution is -2.06. The molecule has 3 rings (SSSR count). The molecule has 0 amide bonds. The van der Waals surface area contributed by atoms with Crippen molar-refractivity contribution in [3.8, 4) is 0 Å². The molecule has 0 aliphatic carbocycles. The van der Waals surface area contributed by atoms with E-state index in [1.54, 1.807) is 12.1 Å². The van der Waals surface area contributed by atoms with Crippen molar-refractivity contribution in [1.82, 2.24) is 14.6 Å². The van der Waals surface area contributed by atoms with Crippen LogP contribution in [-0.4, -0.2) is 37.2 Å². The summed E-state index contributed by atoms with van der Waals surface area (Å²) in [7, 11) is 0. The Bertz CT molecular complexity index is 575. The van der Waals surface area contributed by atoms with Crippen LogP contribution < -0.4 is 0 Å². The van der Waals surface area contributed by atoms with Gasteiger partial charge in [0.05, 0.1) is 0 Å². The lowest BCUT2D eigenvalue weighted by molar-refractivity contribution is 0.0687. The molecule has 0 aromatic carbocycles. The molecule has 1 aliphatic heterocycles. The molecule has 1 atom stereocenters. The average Bonchev–Trinajstić information content (AvgIpc) is 2.96. The highest BCUT2D eigenvalue weighted by atomic mass is 32.2. The number of carboxylic acids is 1. The van der Waals surface area contributed by atoms with Crippen molar-refractivity contribution in [3.05, 3.63) is 29.7 Å². The summed E-state index contributed by atoms with van der Waals surface area (Å²) in [6.45, 7) is 0. The van der Waals surface area contributed by atoms with Gasteiger partial charge >= 0.3 is 5.97 Å². The zero-order valence-corrected chi connectivity index (χ0v) is 9.85. The molecule has 1 fully saturated rings. The van der Waals surface area contributed by atoms with Gasteiger partial charge in [0, 0.05) is 11.7 Å². The Kier molecular flexibility index (Phi) is 2.51. The number of aromatic nitrogens is 3. The van der Waals surface area contributed by atoms with Gasteiger partial charge in [0.2, 0.25) is 0 Å². The van der Waals surface area contributed by atoms with Gasteiger partial charge in [-0.2, -0.15) is 16.9 Å². The first-order valence-corrected chi connectivity index (χ1v) is 6.58. The van der Waals surface area contributed by atoms with Crippen LogP contribution in [0.3, 0.4) is 0 Å². The Hall–Kier alpha value is -1.56. The fourth-order valence-corrected chi connectivity index (χ4v) is 3.21. The van der Waals surface area contributed by atoms with E-state index in [2.05, 4.69) is 10.1 Å². The predicted molar refractivity (Wildman–Crippen MR) is 64.6 cm³/mol. The van der Waals surface area contributed by atoms with Gasteiger partial charge < -0.3 is 5.11 Å². The molecule has 17 heavy (non-hydrogen) atoms. The number of nitrogens with zero attached hydrogens (tertiary/aromatic N) is 3. The van der Waals surface area contributed by atoms with Crippen LogP contribution >= 0.6 is 11.8 Å². The molecule has 5 nitrogen and oxygen atoms in total. The Morgan fingerprint density at radius 2 is 2.41 bits per heavy atom.